The van der Waals surface area contributed by atoms with E-state index < -0.39 is 5.97 Å². The van der Waals surface area contributed by atoms with Gasteiger partial charge in [0.05, 0.1) is 6.61 Å². The van der Waals surface area contributed by atoms with E-state index in [0.29, 0.717) is 24.5 Å². The van der Waals surface area contributed by atoms with E-state index in [1.165, 1.54) is 0 Å². The zero-order valence-electron chi connectivity index (χ0n) is 11.2. The molecule has 1 aromatic carbocycles. The average molecular weight is 272 g/mol. The lowest BCUT2D eigenvalue weighted by molar-refractivity contribution is 0.0522. The molecular formula is C15H16N2O3. The number of nitrogens with zero attached hydrogens (tertiary/aromatic N) is 1. The van der Waals surface area contributed by atoms with E-state index in [-0.39, 0.29) is 5.88 Å². The first kappa shape index (κ1) is 14.0. The molecule has 1 heterocycles. The van der Waals surface area contributed by atoms with Gasteiger partial charge in [-0.3, -0.25) is 0 Å². The average Bonchev–Trinajstić information content (AvgIpc) is 2.49. The molecule has 0 atom stereocenters. The monoisotopic (exact) mass is 272 g/mol. The molecule has 0 aliphatic carbocycles. The smallest absolute Gasteiger partial charge is 0.343 e. The maximum Gasteiger partial charge on any atom is 0.343 e. The summed E-state index contributed by atoms with van der Waals surface area (Å²) in [5.41, 5.74) is 6.84. The molecule has 0 saturated carbocycles. The Morgan fingerprint density at radius 2 is 2.00 bits per heavy atom. The SMILES string of the molecule is CCOC(=O)c1cccnc1Oc1ccc(CN)cc1. The Morgan fingerprint density at radius 1 is 1.25 bits per heavy atom. The van der Waals surface area contributed by atoms with Crippen LogP contribution in [0.4, 0.5) is 0 Å². The Bertz CT molecular complexity index is 582. The Morgan fingerprint density at radius 3 is 2.65 bits per heavy atom. The molecule has 0 radical (unpaired) electrons. The molecule has 5 nitrogen and oxygen atoms in total. The summed E-state index contributed by atoms with van der Waals surface area (Å²) >= 11 is 0. The van der Waals surface area contributed by atoms with Gasteiger partial charge in [-0.25, -0.2) is 9.78 Å². The summed E-state index contributed by atoms with van der Waals surface area (Å²) in [6, 6.07) is 10.6. The van der Waals surface area contributed by atoms with E-state index in [0.717, 1.165) is 5.56 Å². The second-order valence-corrected chi connectivity index (χ2v) is 4.03. The van der Waals surface area contributed by atoms with E-state index in [9.17, 15) is 4.79 Å². The zero-order valence-corrected chi connectivity index (χ0v) is 11.2. The number of pyridine rings is 1. The third kappa shape index (κ3) is 3.33. The summed E-state index contributed by atoms with van der Waals surface area (Å²) in [5, 5.41) is 0. The highest BCUT2D eigenvalue weighted by atomic mass is 16.5. The fourth-order valence-electron chi connectivity index (χ4n) is 1.64. The number of hydrogen-bond acceptors (Lipinski definition) is 5. The van der Waals surface area contributed by atoms with Crippen molar-refractivity contribution in [2.24, 2.45) is 5.73 Å². The molecule has 0 aliphatic heterocycles. The minimum absolute atomic E-state index is 0.228. The fraction of sp³-hybridized carbons (Fsp3) is 0.200. The molecule has 20 heavy (non-hydrogen) atoms. The Balaban J connectivity index is 2.21. The highest BCUT2D eigenvalue weighted by Crippen LogP contribution is 2.23. The molecule has 0 unspecified atom stereocenters. The van der Waals surface area contributed by atoms with Crippen LogP contribution in [0.2, 0.25) is 0 Å². The number of nitrogens with two attached hydrogens (primary N) is 1. The second kappa shape index (κ2) is 6.68. The van der Waals surface area contributed by atoms with Crippen molar-refractivity contribution >= 4 is 5.97 Å². The maximum atomic E-state index is 11.8. The summed E-state index contributed by atoms with van der Waals surface area (Å²) < 4.78 is 10.6. The van der Waals surface area contributed by atoms with Gasteiger partial charge in [-0.15, -0.1) is 0 Å². The number of rotatable bonds is 5. The summed E-state index contributed by atoms with van der Waals surface area (Å²) in [5.74, 6) is 0.368. The van der Waals surface area contributed by atoms with E-state index in [1.807, 2.05) is 12.1 Å². The van der Waals surface area contributed by atoms with E-state index in [4.69, 9.17) is 15.2 Å². The highest BCUT2D eigenvalue weighted by molar-refractivity contribution is 5.91. The number of hydrogen-bond donors (Lipinski definition) is 1. The predicted molar refractivity (Wildman–Crippen MR) is 74.6 cm³/mol. The van der Waals surface area contributed by atoms with Crippen LogP contribution in [0, 0.1) is 0 Å². The van der Waals surface area contributed by atoms with Crippen molar-refractivity contribution in [2.75, 3.05) is 6.61 Å². The lowest BCUT2D eigenvalue weighted by Gasteiger charge is -2.09. The van der Waals surface area contributed by atoms with E-state index in [2.05, 4.69) is 4.98 Å². The molecule has 1 aromatic heterocycles. The predicted octanol–water partition coefficient (Wildman–Crippen LogP) is 2.51. The Kier molecular flexibility index (Phi) is 4.68. The van der Waals surface area contributed by atoms with E-state index >= 15 is 0 Å². The van der Waals surface area contributed by atoms with Crippen LogP contribution in [0.5, 0.6) is 11.6 Å². The van der Waals surface area contributed by atoms with Crippen LogP contribution in [0.3, 0.4) is 0 Å². The van der Waals surface area contributed by atoms with Gasteiger partial charge in [-0.2, -0.15) is 0 Å². The van der Waals surface area contributed by atoms with E-state index in [1.54, 1.807) is 37.4 Å². The summed E-state index contributed by atoms with van der Waals surface area (Å²) in [6.45, 7) is 2.52. The standard InChI is InChI=1S/C15H16N2O3/c1-2-19-15(18)13-4-3-9-17-14(13)20-12-7-5-11(10-16)6-8-12/h3-9H,2,10,16H2,1H3. The first-order chi connectivity index (χ1) is 9.74. The number of esters is 1. The molecule has 0 fully saturated rings. The Labute approximate surface area is 117 Å². The summed E-state index contributed by atoms with van der Waals surface area (Å²) in [6.07, 6.45) is 1.56. The highest BCUT2D eigenvalue weighted by Gasteiger charge is 2.15. The number of aromatic nitrogens is 1. The first-order valence-corrected chi connectivity index (χ1v) is 6.33. The number of ether oxygens (including phenoxy) is 2. The van der Waals surface area contributed by atoms with Crippen LogP contribution >= 0.6 is 0 Å². The van der Waals surface area contributed by atoms with Crippen LogP contribution in [-0.2, 0) is 11.3 Å². The number of carbonyl (C=O) groups is 1. The number of carbonyl (C=O) groups excluding carboxylic acids is 1. The molecule has 2 N–H and O–H groups in total. The van der Waals surface area contributed by atoms with Gasteiger partial charge < -0.3 is 15.2 Å². The molecule has 104 valence electrons. The van der Waals surface area contributed by atoms with Crippen LogP contribution < -0.4 is 10.5 Å². The minimum Gasteiger partial charge on any atom is -0.462 e. The molecule has 0 aliphatic rings. The Hall–Kier alpha value is -2.40. The van der Waals surface area contributed by atoms with Crippen LogP contribution in [0.15, 0.2) is 42.6 Å². The number of benzene rings is 1. The molecule has 0 saturated heterocycles. The summed E-state index contributed by atoms with van der Waals surface area (Å²) in [4.78, 5) is 15.9. The van der Waals surface area contributed by atoms with Gasteiger partial charge in [0.2, 0.25) is 5.88 Å². The van der Waals surface area contributed by atoms with Gasteiger partial charge in [-0.1, -0.05) is 12.1 Å². The fourth-order valence-corrected chi connectivity index (χ4v) is 1.64. The van der Waals surface area contributed by atoms with Crippen LogP contribution in [0.25, 0.3) is 0 Å². The van der Waals surface area contributed by atoms with Gasteiger partial charge in [0.25, 0.3) is 0 Å². The third-order valence-electron chi connectivity index (χ3n) is 2.64. The van der Waals surface area contributed by atoms with Crippen LogP contribution in [0.1, 0.15) is 22.8 Å². The minimum atomic E-state index is -0.450. The maximum absolute atomic E-state index is 11.8. The van der Waals surface area contributed by atoms with Crippen molar-refractivity contribution < 1.29 is 14.3 Å². The molecule has 2 rings (SSSR count). The van der Waals surface area contributed by atoms with Crippen LogP contribution in [-0.4, -0.2) is 17.6 Å². The van der Waals surface area contributed by atoms with Gasteiger partial charge in [-0.05, 0) is 36.8 Å². The van der Waals surface area contributed by atoms with Gasteiger partial charge in [0.15, 0.2) is 0 Å². The van der Waals surface area contributed by atoms with Gasteiger partial charge in [0, 0.05) is 12.7 Å². The van der Waals surface area contributed by atoms with Crippen molar-refractivity contribution in [1.29, 1.82) is 0 Å². The quantitative estimate of drug-likeness (QED) is 0.846. The molecule has 2 aromatic rings. The molecule has 0 bridgehead atoms. The third-order valence-corrected chi connectivity index (χ3v) is 2.64. The zero-order chi connectivity index (χ0) is 14.4. The van der Waals surface area contributed by atoms with Crippen molar-refractivity contribution in [3.05, 3.63) is 53.7 Å². The molecule has 0 amide bonds. The molecular weight excluding hydrogens is 256 g/mol. The van der Waals surface area contributed by atoms with Crippen molar-refractivity contribution in [3.63, 3.8) is 0 Å². The lowest BCUT2D eigenvalue weighted by atomic mass is 10.2. The second-order valence-electron chi connectivity index (χ2n) is 4.03. The van der Waals surface area contributed by atoms with Gasteiger partial charge in [0.1, 0.15) is 11.3 Å². The van der Waals surface area contributed by atoms with Crippen molar-refractivity contribution in [1.82, 2.24) is 4.98 Å². The van der Waals surface area contributed by atoms with Crippen molar-refractivity contribution in [2.45, 2.75) is 13.5 Å². The first-order valence-electron chi connectivity index (χ1n) is 6.33. The molecule has 5 heteroatoms. The normalized spacial score (nSPS) is 10.1. The largest absolute Gasteiger partial charge is 0.462 e. The molecule has 0 spiro atoms. The topological polar surface area (TPSA) is 74.4 Å². The van der Waals surface area contributed by atoms with Gasteiger partial charge >= 0.3 is 5.97 Å². The van der Waals surface area contributed by atoms with Crippen molar-refractivity contribution in [3.8, 4) is 11.6 Å². The lowest BCUT2D eigenvalue weighted by Crippen LogP contribution is -2.07. The summed E-state index contributed by atoms with van der Waals surface area (Å²) in [7, 11) is 0.